The molecule has 0 unspecified atom stereocenters. The molecule has 0 saturated carbocycles. The van der Waals surface area contributed by atoms with Crippen LogP contribution in [0.25, 0.3) is 0 Å². The van der Waals surface area contributed by atoms with Crippen LogP contribution in [0.1, 0.15) is 38.8 Å². The second-order valence-electron chi connectivity index (χ2n) is 5.19. The fourth-order valence-corrected chi connectivity index (χ4v) is 3.45. The molecule has 0 bridgehead atoms. The van der Waals surface area contributed by atoms with Crippen molar-refractivity contribution in [3.05, 3.63) is 40.6 Å². The Balaban J connectivity index is 3.14. The molecule has 1 aromatic rings. The van der Waals surface area contributed by atoms with Gasteiger partial charge in [0.1, 0.15) is 0 Å². The summed E-state index contributed by atoms with van der Waals surface area (Å²) in [5.74, 6) is 0. The van der Waals surface area contributed by atoms with E-state index in [0.717, 1.165) is 11.1 Å². The van der Waals surface area contributed by atoms with E-state index in [1.54, 1.807) is 27.7 Å². The van der Waals surface area contributed by atoms with Crippen molar-refractivity contribution >= 4 is 13.8 Å². The number of aryl methyl sites for hydroxylation is 1. The van der Waals surface area contributed by atoms with E-state index in [9.17, 15) is 9.77 Å². The molecule has 1 rings (SSSR count). The summed E-state index contributed by atoms with van der Waals surface area (Å²) in [7, 11) is -3.54. The zero-order chi connectivity index (χ0) is 16.1. The molecular formula is C15H24NO4P. The van der Waals surface area contributed by atoms with Crippen molar-refractivity contribution in [1.82, 2.24) is 0 Å². The van der Waals surface area contributed by atoms with Crippen molar-refractivity contribution in [3.63, 3.8) is 0 Å². The van der Waals surface area contributed by atoms with Crippen LogP contribution in [0.4, 0.5) is 0 Å². The van der Waals surface area contributed by atoms with Gasteiger partial charge in [-0.15, -0.1) is 0 Å². The molecule has 0 aliphatic rings. The number of hydrogen-bond donors (Lipinski definition) is 0. The topological polar surface area (TPSA) is 61.6 Å². The Kier molecular flexibility index (Phi) is 6.14. The van der Waals surface area contributed by atoms with Gasteiger partial charge >= 0.3 is 7.60 Å². The molecule has 5 nitrogen and oxygen atoms in total. The smallest absolute Gasteiger partial charge is 0.401 e. The highest BCUT2D eigenvalue weighted by molar-refractivity contribution is 7.55. The lowest BCUT2D eigenvalue weighted by Gasteiger charge is -2.30. The van der Waals surface area contributed by atoms with Crippen LogP contribution in [0.3, 0.4) is 0 Å². The highest BCUT2D eigenvalue weighted by atomic mass is 31.2. The van der Waals surface area contributed by atoms with Gasteiger partial charge in [0, 0.05) is 19.4 Å². The molecule has 21 heavy (non-hydrogen) atoms. The van der Waals surface area contributed by atoms with E-state index in [1.807, 2.05) is 31.2 Å². The number of nitrogens with zero attached hydrogens (tertiary/aromatic N) is 1. The standard InChI is InChI=1S/C15H24NO4P/c1-6-19-21(18,20-7-2)15(4,5)16(17)12-14-10-8-13(3)9-11-14/h8-12H,6-7H2,1-5H3/b16-12-. The third-order valence-electron chi connectivity index (χ3n) is 3.15. The Labute approximate surface area is 126 Å². The Morgan fingerprint density at radius 3 is 2.10 bits per heavy atom. The van der Waals surface area contributed by atoms with Gasteiger partial charge in [0.2, 0.25) is 0 Å². The maximum Gasteiger partial charge on any atom is 0.401 e. The average molecular weight is 313 g/mol. The van der Waals surface area contributed by atoms with Crippen molar-refractivity contribution in [2.45, 2.75) is 39.9 Å². The molecule has 6 heteroatoms. The number of hydrogen-bond acceptors (Lipinski definition) is 4. The summed E-state index contributed by atoms with van der Waals surface area (Å²) in [6, 6.07) is 7.50. The van der Waals surface area contributed by atoms with Crippen LogP contribution in [0.15, 0.2) is 24.3 Å². The minimum Gasteiger partial charge on any atom is -0.623 e. The highest BCUT2D eigenvalue weighted by Crippen LogP contribution is 2.59. The van der Waals surface area contributed by atoms with E-state index in [1.165, 1.54) is 6.21 Å². The van der Waals surface area contributed by atoms with Crippen LogP contribution >= 0.6 is 7.60 Å². The molecule has 0 aromatic heterocycles. The quantitative estimate of drug-likeness (QED) is 0.252. The van der Waals surface area contributed by atoms with E-state index in [-0.39, 0.29) is 13.2 Å². The zero-order valence-electron chi connectivity index (χ0n) is 13.3. The van der Waals surface area contributed by atoms with Crippen molar-refractivity contribution in [1.29, 1.82) is 0 Å². The normalized spacial score (nSPS) is 13.5. The second-order valence-corrected chi connectivity index (χ2v) is 7.80. The molecule has 118 valence electrons. The van der Waals surface area contributed by atoms with E-state index < -0.39 is 12.9 Å². The van der Waals surface area contributed by atoms with Gasteiger partial charge in [-0.25, -0.2) is 0 Å². The van der Waals surface area contributed by atoms with E-state index >= 15 is 0 Å². The molecule has 0 aliphatic carbocycles. The average Bonchev–Trinajstić information content (AvgIpc) is 2.41. The van der Waals surface area contributed by atoms with Gasteiger partial charge in [0.15, 0.2) is 6.21 Å². The highest BCUT2D eigenvalue weighted by Gasteiger charge is 2.51. The third kappa shape index (κ3) is 4.16. The van der Waals surface area contributed by atoms with E-state index in [2.05, 4.69) is 0 Å². The first-order valence-electron chi connectivity index (χ1n) is 7.04. The summed E-state index contributed by atoms with van der Waals surface area (Å²) in [6.07, 6.45) is 1.41. The van der Waals surface area contributed by atoms with Gasteiger partial charge in [-0.3, -0.25) is 4.57 Å². The SMILES string of the molecule is CCOP(=O)(OCC)C(C)(C)/[N+]([O-])=C/c1ccc(C)cc1. The molecule has 0 amide bonds. The molecule has 0 saturated heterocycles. The number of benzene rings is 1. The lowest BCUT2D eigenvalue weighted by Crippen LogP contribution is -2.35. The van der Waals surface area contributed by atoms with Crippen LogP contribution in [-0.4, -0.2) is 29.4 Å². The summed E-state index contributed by atoms with van der Waals surface area (Å²) < 4.78 is 24.0. The molecule has 0 N–H and O–H groups in total. The van der Waals surface area contributed by atoms with Crippen molar-refractivity contribution in [2.24, 2.45) is 0 Å². The minimum absolute atomic E-state index is 0.221. The fourth-order valence-electron chi connectivity index (χ4n) is 1.76. The summed E-state index contributed by atoms with van der Waals surface area (Å²) in [5.41, 5.74) is 1.85. The first-order valence-corrected chi connectivity index (χ1v) is 8.58. The predicted octanol–water partition coefficient (Wildman–Crippen LogP) is 3.93. The molecule has 0 aliphatic heterocycles. The lowest BCUT2D eigenvalue weighted by molar-refractivity contribution is -0.510. The fraction of sp³-hybridized carbons (Fsp3) is 0.533. The van der Waals surface area contributed by atoms with Crippen LogP contribution in [0.2, 0.25) is 0 Å². The molecule has 0 atom stereocenters. The molecule has 0 heterocycles. The zero-order valence-corrected chi connectivity index (χ0v) is 14.2. The molecule has 0 spiro atoms. The first-order chi connectivity index (χ1) is 9.76. The van der Waals surface area contributed by atoms with E-state index in [4.69, 9.17) is 9.05 Å². The predicted molar refractivity (Wildman–Crippen MR) is 84.9 cm³/mol. The largest absolute Gasteiger partial charge is 0.623 e. The van der Waals surface area contributed by atoms with Crippen LogP contribution < -0.4 is 0 Å². The van der Waals surface area contributed by atoms with Gasteiger partial charge in [0.25, 0.3) is 5.28 Å². The maximum absolute atomic E-state index is 12.8. The molecular weight excluding hydrogens is 289 g/mol. The Hall–Kier alpha value is -1.16. The van der Waals surface area contributed by atoms with Crippen molar-refractivity contribution in [3.8, 4) is 0 Å². The van der Waals surface area contributed by atoms with Crippen molar-refractivity contribution in [2.75, 3.05) is 13.2 Å². The Morgan fingerprint density at radius 2 is 1.67 bits per heavy atom. The lowest BCUT2D eigenvalue weighted by atomic mass is 10.2. The summed E-state index contributed by atoms with van der Waals surface area (Å²) in [6.45, 7) is 8.99. The van der Waals surface area contributed by atoms with Crippen LogP contribution in [0, 0.1) is 12.1 Å². The van der Waals surface area contributed by atoms with Gasteiger partial charge < -0.3 is 14.3 Å². The van der Waals surface area contributed by atoms with Gasteiger partial charge in [-0.1, -0.05) is 17.7 Å². The summed E-state index contributed by atoms with van der Waals surface area (Å²) in [5, 5.41) is 11.1. The van der Waals surface area contributed by atoms with Gasteiger partial charge in [0.05, 0.1) is 13.2 Å². The Bertz CT molecular complexity index is 527. The minimum atomic E-state index is -3.54. The number of rotatable bonds is 7. The first kappa shape index (κ1) is 17.9. The summed E-state index contributed by atoms with van der Waals surface area (Å²) >= 11 is 0. The summed E-state index contributed by atoms with van der Waals surface area (Å²) in [4.78, 5) is 0. The van der Waals surface area contributed by atoms with Gasteiger partial charge in [-0.2, -0.15) is 4.74 Å². The molecule has 0 radical (unpaired) electrons. The Morgan fingerprint density at radius 1 is 1.19 bits per heavy atom. The number of hydroxylamine groups is 1. The third-order valence-corrected chi connectivity index (χ3v) is 5.89. The molecule has 1 aromatic carbocycles. The van der Waals surface area contributed by atoms with Gasteiger partial charge in [-0.05, 0) is 32.9 Å². The molecule has 0 fully saturated rings. The van der Waals surface area contributed by atoms with Crippen LogP contribution in [0.5, 0.6) is 0 Å². The van der Waals surface area contributed by atoms with Crippen molar-refractivity contribution < 1.29 is 18.4 Å². The monoisotopic (exact) mass is 313 g/mol. The van der Waals surface area contributed by atoms with E-state index in [0.29, 0.717) is 4.74 Å². The second kappa shape index (κ2) is 7.21. The maximum atomic E-state index is 12.8. The van der Waals surface area contributed by atoms with Crippen LogP contribution in [-0.2, 0) is 13.6 Å².